The molecule has 0 saturated heterocycles. The lowest BCUT2D eigenvalue weighted by Gasteiger charge is -2.12. The van der Waals surface area contributed by atoms with Gasteiger partial charge in [-0.3, -0.25) is 10.1 Å². The summed E-state index contributed by atoms with van der Waals surface area (Å²) in [4.78, 5) is 15.2. The molecular weight excluding hydrogens is 386 g/mol. The topological polar surface area (TPSA) is 148 Å². The van der Waals surface area contributed by atoms with Crippen LogP contribution in [0, 0.1) is 39.7 Å². The van der Waals surface area contributed by atoms with Gasteiger partial charge in [-0.2, -0.15) is 10.5 Å². The van der Waals surface area contributed by atoms with Gasteiger partial charge in [0.1, 0.15) is 23.7 Å². The lowest BCUT2D eigenvalue weighted by atomic mass is 9.95. The Morgan fingerprint density at radius 2 is 1.83 bits per heavy atom. The summed E-state index contributed by atoms with van der Waals surface area (Å²) in [5.41, 5.74) is 9.44. The van der Waals surface area contributed by atoms with Crippen LogP contribution in [0.1, 0.15) is 34.9 Å². The third-order valence-corrected chi connectivity index (χ3v) is 5.01. The van der Waals surface area contributed by atoms with E-state index in [1.807, 2.05) is 6.07 Å². The summed E-state index contributed by atoms with van der Waals surface area (Å²) < 4.78 is 10.5. The number of allylic oxidation sites excluding steroid dienone is 3. The molecule has 30 heavy (non-hydrogen) atoms. The highest BCUT2D eigenvalue weighted by atomic mass is 16.6. The zero-order valence-electron chi connectivity index (χ0n) is 16.7. The van der Waals surface area contributed by atoms with Gasteiger partial charge in [-0.15, -0.1) is 0 Å². The van der Waals surface area contributed by atoms with Crippen LogP contribution in [0.3, 0.4) is 0 Å². The number of rotatable bonds is 4. The highest BCUT2D eigenvalue weighted by molar-refractivity contribution is 6.09. The quantitative estimate of drug-likeness (QED) is 0.601. The largest absolute Gasteiger partial charge is 0.496 e. The Labute approximate surface area is 172 Å². The van der Waals surface area contributed by atoms with Crippen molar-refractivity contribution < 1.29 is 14.4 Å². The smallest absolute Gasteiger partial charge is 0.311 e. The van der Waals surface area contributed by atoms with Crippen LogP contribution in [-0.2, 0) is 0 Å². The van der Waals surface area contributed by atoms with Gasteiger partial charge in [0.25, 0.3) is 0 Å². The van der Waals surface area contributed by atoms with E-state index in [4.69, 9.17) is 15.2 Å². The number of anilines is 1. The molecule has 0 bridgehead atoms. The van der Waals surface area contributed by atoms with Gasteiger partial charge < -0.3 is 15.2 Å². The first-order valence-corrected chi connectivity index (χ1v) is 8.73. The van der Waals surface area contributed by atoms with E-state index in [-0.39, 0.29) is 22.8 Å². The number of nitro groups is 1. The minimum Gasteiger partial charge on any atom is -0.496 e. The van der Waals surface area contributed by atoms with Crippen molar-refractivity contribution in [1.29, 1.82) is 10.5 Å². The fraction of sp³-hybridized carbons (Fsp3) is 0.190. The number of benzene rings is 1. The maximum Gasteiger partial charge on any atom is 0.311 e. The summed E-state index contributed by atoms with van der Waals surface area (Å²) in [5.74, 6) is 0.465. The van der Waals surface area contributed by atoms with Gasteiger partial charge in [0.05, 0.1) is 36.0 Å². The van der Waals surface area contributed by atoms with Gasteiger partial charge in [-0.1, -0.05) is 0 Å². The molecule has 0 aliphatic heterocycles. The molecule has 1 aromatic carbocycles. The minimum absolute atomic E-state index is 0.0493. The van der Waals surface area contributed by atoms with Crippen LogP contribution in [-0.4, -0.2) is 24.1 Å². The van der Waals surface area contributed by atoms with E-state index >= 15 is 0 Å². The molecule has 0 atom stereocenters. The normalized spacial score (nSPS) is 13.6. The van der Waals surface area contributed by atoms with E-state index in [1.54, 1.807) is 19.9 Å². The average Bonchev–Trinajstić information content (AvgIpc) is 2.98. The second-order valence-corrected chi connectivity index (χ2v) is 6.53. The average molecular weight is 403 g/mol. The minimum atomic E-state index is -0.548. The second-order valence-electron chi connectivity index (χ2n) is 6.53. The maximum atomic E-state index is 11.5. The zero-order chi connectivity index (χ0) is 22.2. The highest BCUT2D eigenvalue weighted by Gasteiger charge is 2.30. The zero-order valence-corrected chi connectivity index (χ0v) is 16.7. The monoisotopic (exact) mass is 403 g/mol. The van der Waals surface area contributed by atoms with Gasteiger partial charge in [0.2, 0.25) is 5.75 Å². The van der Waals surface area contributed by atoms with Crippen molar-refractivity contribution in [3.8, 4) is 23.6 Å². The van der Waals surface area contributed by atoms with Crippen LogP contribution in [0.15, 0.2) is 17.7 Å². The summed E-state index contributed by atoms with van der Waals surface area (Å²) in [5, 5.41) is 30.6. The summed E-state index contributed by atoms with van der Waals surface area (Å²) in [7, 11) is 2.78. The number of hydrogen-bond donors (Lipinski definition) is 1. The molecule has 0 saturated carbocycles. The van der Waals surface area contributed by atoms with Crippen molar-refractivity contribution in [2.24, 2.45) is 0 Å². The number of ether oxygens (including phenoxy) is 2. The molecule has 2 N–H and O–H groups in total. The van der Waals surface area contributed by atoms with Crippen LogP contribution in [0.2, 0.25) is 0 Å². The molecule has 2 aromatic rings. The first kappa shape index (κ1) is 20.4. The molecule has 3 rings (SSSR count). The number of methoxy groups -OCH3 is 2. The predicted octanol–water partition coefficient (Wildman–Crippen LogP) is 3.62. The number of aromatic nitrogens is 1. The van der Waals surface area contributed by atoms with Crippen molar-refractivity contribution in [2.75, 3.05) is 20.0 Å². The number of pyridine rings is 1. The number of fused-ring (bicyclic) bond motifs is 1. The Hall–Kier alpha value is -4.37. The number of nitro benzene ring substituents is 1. The predicted molar refractivity (Wildman–Crippen MR) is 110 cm³/mol. The Balaban J connectivity index is 2.37. The number of nitrogens with two attached hydrogens (primary N) is 1. The van der Waals surface area contributed by atoms with Gasteiger partial charge in [0, 0.05) is 23.3 Å². The van der Waals surface area contributed by atoms with Gasteiger partial charge >= 0.3 is 5.69 Å². The van der Waals surface area contributed by atoms with Gasteiger partial charge in [-0.25, -0.2) is 4.98 Å². The maximum absolute atomic E-state index is 11.5. The number of hydrogen-bond acceptors (Lipinski definition) is 8. The molecule has 1 heterocycles. The number of nitrogens with zero attached hydrogens (tertiary/aromatic N) is 4. The van der Waals surface area contributed by atoms with Crippen molar-refractivity contribution in [2.45, 2.75) is 13.8 Å². The molecule has 1 aliphatic carbocycles. The van der Waals surface area contributed by atoms with Gasteiger partial charge in [0.15, 0.2) is 0 Å². The van der Waals surface area contributed by atoms with Crippen LogP contribution >= 0.6 is 0 Å². The Morgan fingerprint density at radius 1 is 1.17 bits per heavy atom. The van der Waals surface area contributed by atoms with Gasteiger partial charge in [-0.05, 0) is 36.6 Å². The molecule has 9 nitrogen and oxygen atoms in total. The van der Waals surface area contributed by atoms with Crippen molar-refractivity contribution in [3.05, 3.63) is 55.8 Å². The second kappa shape index (κ2) is 7.57. The first-order chi connectivity index (χ1) is 14.3. The molecule has 0 fully saturated rings. The molecule has 9 heteroatoms. The number of nitrogen functional groups attached to an aromatic ring is 1. The van der Waals surface area contributed by atoms with E-state index in [1.165, 1.54) is 26.4 Å². The molecule has 0 radical (unpaired) electrons. The summed E-state index contributed by atoms with van der Waals surface area (Å²) >= 11 is 0. The van der Waals surface area contributed by atoms with E-state index in [9.17, 15) is 20.6 Å². The van der Waals surface area contributed by atoms with E-state index in [0.29, 0.717) is 44.9 Å². The molecule has 0 unspecified atom stereocenters. The molecule has 0 spiro atoms. The lowest BCUT2D eigenvalue weighted by molar-refractivity contribution is -0.385. The summed E-state index contributed by atoms with van der Waals surface area (Å²) in [6, 6.07) is 6.94. The standard InChI is InChI=1S/C21H17N5O4/c1-10-13(5-12-6-16(26(27)28)18(30-4)7-17(12)29-3)19-11(2)15(9-23)21(24)25-20(19)14(10)8-22/h5-7H,1-4H3,(H2,24,25)/b13-5+. The lowest BCUT2D eigenvalue weighted by Crippen LogP contribution is -2.04. The number of nitriles is 2. The summed E-state index contributed by atoms with van der Waals surface area (Å²) in [6.45, 7) is 3.47. The van der Waals surface area contributed by atoms with Crippen LogP contribution in [0.5, 0.6) is 11.5 Å². The third kappa shape index (κ3) is 2.99. The SMILES string of the molecule is COc1cc(OC)c([N+](=O)[O-])cc1/C=C1\C(C)=C(C#N)c2nc(N)c(C#N)c(C)c21. The van der Waals surface area contributed by atoms with Crippen LogP contribution < -0.4 is 15.2 Å². The van der Waals surface area contributed by atoms with Crippen molar-refractivity contribution >= 4 is 28.7 Å². The molecule has 150 valence electrons. The fourth-order valence-corrected chi connectivity index (χ4v) is 3.51. The van der Waals surface area contributed by atoms with E-state index < -0.39 is 4.92 Å². The van der Waals surface area contributed by atoms with Crippen LogP contribution in [0.4, 0.5) is 11.5 Å². The van der Waals surface area contributed by atoms with Crippen molar-refractivity contribution in [1.82, 2.24) is 4.98 Å². The fourth-order valence-electron chi connectivity index (χ4n) is 3.51. The van der Waals surface area contributed by atoms with E-state index in [2.05, 4.69) is 11.1 Å². The highest BCUT2D eigenvalue weighted by Crippen LogP contribution is 2.45. The molecule has 1 aliphatic rings. The Morgan fingerprint density at radius 3 is 2.37 bits per heavy atom. The molecular formula is C21H17N5O4. The van der Waals surface area contributed by atoms with Crippen molar-refractivity contribution in [3.63, 3.8) is 0 Å². The first-order valence-electron chi connectivity index (χ1n) is 8.73. The summed E-state index contributed by atoms with van der Waals surface area (Å²) in [6.07, 6.45) is 1.68. The Kier molecular flexibility index (Phi) is 5.14. The van der Waals surface area contributed by atoms with E-state index in [0.717, 1.165) is 0 Å². The molecule has 1 aromatic heterocycles. The van der Waals surface area contributed by atoms with Crippen LogP contribution in [0.25, 0.3) is 17.2 Å². The molecule has 0 amide bonds. The Bertz CT molecular complexity index is 1250. The third-order valence-electron chi connectivity index (χ3n) is 5.01.